The fourth-order valence-corrected chi connectivity index (χ4v) is 1.49. The highest BCUT2D eigenvalue weighted by Gasteiger charge is 2.02. The lowest BCUT2D eigenvalue weighted by atomic mass is 10.3. The van der Waals surface area contributed by atoms with E-state index in [4.69, 9.17) is 0 Å². The van der Waals surface area contributed by atoms with Crippen LogP contribution in [0.1, 0.15) is 16.8 Å². The first-order chi connectivity index (χ1) is 6.13. The lowest BCUT2D eigenvalue weighted by Crippen LogP contribution is -1.73. The van der Waals surface area contributed by atoms with Crippen LogP contribution in [0, 0.1) is 6.92 Å². The van der Waals surface area contributed by atoms with Gasteiger partial charge in [-0.2, -0.15) is 0 Å². The molecule has 0 aliphatic carbocycles. The van der Waals surface area contributed by atoms with Crippen molar-refractivity contribution in [1.29, 1.82) is 0 Å². The summed E-state index contributed by atoms with van der Waals surface area (Å²) in [6.07, 6.45) is 3.74. The van der Waals surface area contributed by atoms with Crippen molar-refractivity contribution >= 4 is 17.4 Å². The lowest BCUT2D eigenvalue weighted by Gasteiger charge is -1.89. The second kappa shape index (κ2) is 4.28. The average Bonchev–Trinajstić information content (AvgIpc) is 2.49. The molecule has 1 nitrogen and oxygen atoms in total. The zero-order chi connectivity index (χ0) is 9.84. The first-order valence-electron chi connectivity index (χ1n) is 3.75. The van der Waals surface area contributed by atoms with E-state index >= 15 is 0 Å². The fourth-order valence-electron chi connectivity index (χ4n) is 0.776. The van der Waals surface area contributed by atoms with Gasteiger partial charge in [-0.05, 0) is 26.0 Å². The van der Waals surface area contributed by atoms with Gasteiger partial charge in [-0.15, -0.1) is 11.3 Å². The van der Waals surface area contributed by atoms with Gasteiger partial charge in [0, 0.05) is 6.20 Å². The quantitative estimate of drug-likeness (QED) is 0.666. The number of halogens is 2. The Morgan fingerprint density at radius 1 is 1.46 bits per heavy atom. The number of hydrogen-bond acceptors (Lipinski definition) is 2. The second-order valence-electron chi connectivity index (χ2n) is 2.41. The van der Waals surface area contributed by atoms with E-state index in [9.17, 15) is 8.78 Å². The highest BCUT2D eigenvalue weighted by Crippen LogP contribution is 2.20. The third kappa shape index (κ3) is 2.73. The molecule has 0 aliphatic heterocycles. The smallest absolute Gasteiger partial charge is 0.159 e. The molecular formula is C9H9F2NS. The Kier molecular flexibility index (Phi) is 3.31. The first kappa shape index (κ1) is 10.1. The minimum atomic E-state index is -0.855. The van der Waals surface area contributed by atoms with Gasteiger partial charge in [-0.1, -0.05) is 0 Å². The molecule has 13 heavy (non-hydrogen) atoms. The Balaban J connectivity index is 2.88. The molecule has 0 saturated carbocycles. The normalized spacial score (nSPS) is 13.5. The topological polar surface area (TPSA) is 12.9 Å². The summed E-state index contributed by atoms with van der Waals surface area (Å²) in [6.45, 7) is 3.26. The summed E-state index contributed by atoms with van der Waals surface area (Å²) in [5.74, 6) is -1.70. The Morgan fingerprint density at radius 3 is 2.62 bits per heavy atom. The van der Waals surface area contributed by atoms with E-state index in [1.54, 1.807) is 0 Å². The van der Waals surface area contributed by atoms with Crippen molar-refractivity contribution in [2.45, 2.75) is 13.8 Å². The Bertz CT molecular complexity index is 352. The summed E-state index contributed by atoms with van der Waals surface area (Å²) < 4.78 is 25.5. The molecule has 0 radical (unpaired) electrons. The number of nitrogens with zero attached hydrogens (tertiary/aromatic N) is 1. The maximum atomic E-state index is 12.9. The van der Waals surface area contributed by atoms with Crippen LogP contribution < -0.4 is 0 Å². The van der Waals surface area contributed by atoms with Crippen molar-refractivity contribution in [3.05, 3.63) is 33.8 Å². The summed E-state index contributed by atoms with van der Waals surface area (Å²) in [6, 6.07) is 0. The van der Waals surface area contributed by atoms with Gasteiger partial charge < -0.3 is 0 Å². The molecule has 0 amide bonds. The van der Waals surface area contributed by atoms with Crippen molar-refractivity contribution in [2.75, 3.05) is 0 Å². The van der Waals surface area contributed by atoms with Crippen molar-refractivity contribution in [2.24, 2.45) is 0 Å². The molecule has 0 bridgehead atoms. The molecule has 0 unspecified atom stereocenters. The summed E-state index contributed by atoms with van der Waals surface area (Å²) in [4.78, 5) is 4.54. The molecule has 1 aromatic heterocycles. The van der Waals surface area contributed by atoms with Gasteiger partial charge in [-0.25, -0.2) is 13.8 Å². The summed E-state index contributed by atoms with van der Waals surface area (Å²) >= 11 is 1.32. The third-order valence-electron chi connectivity index (χ3n) is 1.39. The zero-order valence-corrected chi connectivity index (χ0v) is 8.16. The van der Waals surface area contributed by atoms with E-state index in [1.165, 1.54) is 24.5 Å². The molecule has 0 aromatic carbocycles. The predicted molar refractivity (Wildman–Crippen MR) is 50.8 cm³/mol. The van der Waals surface area contributed by atoms with Crippen LogP contribution in [0.25, 0.3) is 6.08 Å². The third-order valence-corrected chi connectivity index (χ3v) is 2.25. The molecule has 0 fully saturated rings. The van der Waals surface area contributed by atoms with Crippen molar-refractivity contribution in [1.82, 2.24) is 4.98 Å². The van der Waals surface area contributed by atoms with Crippen LogP contribution >= 0.6 is 11.3 Å². The molecule has 70 valence electrons. The number of thiazole rings is 1. The first-order valence-corrected chi connectivity index (χ1v) is 4.57. The summed E-state index contributed by atoms with van der Waals surface area (Å²) in [7, 11) is 0. The Labute approximate surface area is 79.4 Å². The van der Waals surface area contributed by atoms with E-state index < -0.39 is 11.7 Å². The summed E-state index contributed by atoms with van der Waals surface area (Å²) in [5.41, 5.74) is 0. The lowest BCUT2D eigenvalue weighted by molar-refractivity contribution is 0.549. The molecular weight excluding hydrogens is 192 g/mol. The molecule has 0 N–H and O–H groups in total. The largest absolute Gasteiger partial charge is 0.249 e. The number of allylic oxidation sites excluding steroid dienone is 3. The summed E-state index contributed by atoms with van der Waals surface area (Å²) in [5, 5.41) is 0.833. The highest BCUT2D eigenvalue weighted by atomic mass is 32.1. The zero-order valence-electron chi connectivity index (χ0n) is 7.34. The maximum Gasteiger partial charge on any atom is 0.159 e. The molecule has 1 aromatic rings. The average molecular weight is 201 g/mol. The van der Waals surface area contributed by atoms with E-state index in [0.29, 0.717) is 4.88 Å². The maximum absolute atomic E-state index is 12.9. The van der Waals surface area contributed by atoms with Gasteiger partial charge in [0.2, 0.25) is 0 Å². The van der Waals surface area contributed by atoms with Crippen LogP contribution in [0.3, 0.4) is 0 Å². The van der Waals surface area contributed by atoms with Gasteiger partial charge in [0.25, 0.3) is 0 Å². The van der Waals surface area contributed by atoms with Crippen molar-refractivity contribution < 1.29 is 8.78 Å². The number of aryl methyl sites for hydroxylation is 1. The molecule has 4 heteroatoms. The van der Waals surface area contributed by atoms with Gasteiger partial charge in [0.15, 0.2) is 11.7 Å². The monoisotopic (exact) mass is 201 g/mol. The van der Waals surface area contributed by atoms with Gasteiger partial charge in [0.05, 0.1) is 9.88 Å². The molecule has 0 spiro atoms. The van der Waals surface area contributed by atoms with Gasteiger partial charge >= 0.3 is 0 Å². The van der Waals surface area contributed by atoms with E-state index in [-0.39, 0.29) is 0 Å². The molecule has 0 aliphatic rings. The number of hydrogen-bond donors (Lipinski definition) is 0. The van der Waals surface area contributed by atoms with E-state index in [2.05, 4.69) is 4.98 Å². The van der Waals surface area contributed by atoms with Gasteiger partial charge in [0.1, 0.15) is 0 Å². The Morgan fingerprint density at radius 2 is 2.15 bits per heavy atom. The van der Waals surface area contributed by atoms with Gasteiger partial charge in [-0.3, -0.25) is 0 Å². The van der Waals surface area contributed by atoms with E-state index in [0.717, 1.165) is 17.2 Å². The number of rotatable bonds is 2. The minimum absolute atomic E-state index is 0.618. The highest BCUT2D eigenvalue weighted by molar-refractivity contribution is 7.12. The van der Waals surface area contributed by atoms with Crippen molar-refractivity contribution in [3.63, 3.8) is 0 Å². The van der Waals surface area contributed by atoms with Crippen LogP contribution in [0.2, 0.25) is 0 Å². The fraction of sp³-hybridized carbons (Fsp3) is 0.222. The minimum Gasteiger partial charge on any atom is -0.249 e. The standard InChI is InChI=1S/C9H9F2NS/c1-3-8(10)9(11)4-7-5-12-6(2)13-7/h3-5H,1-2H3/b8-3+,9-4+. The van der Waals surface area contributed by atoms with Crippen molar-refractivity contribution in [3.8, 4) is 0 Å². The van der Waals surface area contributed by atoms with Crippen LogP contribution in [-0.4, -0.2) is 4.98 Å². The molecule has 1 heterocycles. The molecule has 0 saturated heterocycles. The van der Waals surface area contributed by atoms with Crippen LogP contribution in [0.4, 0.5) is 8.78 Å². The number of aromatic nitrogens is 1. The second-order valence-corrected chi connectivity index (χ2v) is 3.68. The molecule has 1 rings (SSSR count). The molecule has 0 atom stereocenters. The Hall–Kier alpha value is -1.03. The van der Waals surface area contributed by atoms with E-state index in [1.807, 2.05) is 6.92 Å². The SMILES string of the molecule is C/C=C(F)\C(F)=C/c1cnc(C)s1. The van der Waals surface area contributed by atoms with Crippen LogP contribution in [-0.2, 0) is 0 Å². The predicted octanol–water partition coefficient (Wildman–Crippen LogP) is 3.64. The van der Waals surface area contributed by atoms with Crippen LogP contribution in [0.5, 0.6) is 0 Å². The van der Waals surface area contributed by atoms with Crippen LogP contribution in [0.15, 0.2) is 23.9 Å².